The number of para-hydroxylation sites is 1. The molecule has 0 atom stereocenters. The molecule has 2 rings (SSSR count). The van der Waals surface area contributed by atoms with Gasteiger partial charge in [-0.3, -0.25) is 9.59 Å². The van der Waals surface area contributed by atoms with E-state index in [1.807, 2.05) is 58.0 Å². The van der Waals surface area contributed by atoms with Gasteiger partial charge in [-0.1, -0.05) is 42.0 Å². The Morgan fingerprint density at radius 3 is 2.28 bits per heavy atom. The van der Waals surface area contributed by atoms with Gasteiger partial charge in [0.25, 0.3) is 0 Å². The number of anilines is 1. The Balaban J connectivity index is 1.89. The predicted molar refractivity (Wildman–Crippen MR) is 103 cm³/mol. The second-order valence-electron chi connectivity index (χ2n) is 6.23. The Hall–Kier alpha value is -2.88. The molecule has 2 aromatic carbocycles. The van der Waals surface area contributed by atoms with Gasteiger partial charge in [0.2, 0.25) is 11.8 Å². The highest BCUT2D eigenvalue weighted by atomic mass is 16.2. The van der Waals surface area contributed by atoms with Crippen LogP contribution in [-0.4, -0.2) is 18.4 Å². The van der Waals surface area contributed by atoms with Crippen LogP contribution in [0.25, 0.3) is 6.08 Å². The minimum Gasteiger partial charge on any atom is -0.343 e. The average Bonchev–Trinajstić information content (AvgIpc) is 2.55. The molecule has 0 aliphatic heterocycles. The topological polar surface area (TPSA) is 58.2 Å². The number of nitrogens with one attached hydrogen (secondary N) is 2. The van der Waals surface area contributed by atoms with Gasteiger partial charge < -0.3 is 10.6 Å². The maximum atomic E-state index is 12.0. The molecule has 0 fully saturated rings. The summed E-state index contributed by atoms with van der Waals surface area (Å²) in [6, 6.07) is 11.9. The van der Waals surface area contributed by atoms with Crippen molar-refractivity contribution < 1.29 is 9.59 Å². The van der Waals surface area contributed by atoms with Gasteiger partial charge in [-0.05, 0) is 56.0 Å². The molecule has 0 saturated heterocycles. The molecule has 0 spiro atoms. The van der Waals surface area contributed by atoms with Gasteiger partial charge in [-0.2, -0.15) is 0 Å². The highest BCUT2D eigenvalue weighted by Gasteiger charge is 2.08. The van der Waals surface area contributed by atoms with Crippen molar-refractivity contribution in [3.05, 3.63) is 70.3 Å². The first kappa shape index (κ1) is 18.5. The lowest BCUT2D eigenvalue weighted by Crippen LogP contribution is -2.32. The molecule has 0 aromatic heterocycles. The first-order chi connectivity index (χ1) is 11.9. The maximum absolute atomic E-state index is 12.0. The third-order valence-electron chi connectivity index (χ3n) is 4.01. The van der Waals surface area contributed by atoms with Gasteiger partial charge in [0.05, 0.1) is 6.54 Å². The molecule has 2 N–H and O–H groups in total. The zero-order chi connectivity index (χ0) is 18.4. The number of amides is 2. The molecule has 0 aliphatic rings. The lowest BCUT2D eigenvalue weighted by molar-refractivity contribution is -0.121. The monoisotopic (exact) mass is 336 g/mol. The van der Waals surface area contributed by atoms with Crippen LogP contribution in [0.4, 0.5) is 5.69 Å². The fourth-order valence-electron chi connectivity index (χ4n) is 2.60. The van der Waals surface area contributed by atoms with Gasteiger partial charge in [-0.25, -0.2) is 0 Å². The SMILES string of the molecule is Cc1ccc(C=CC(=O)NCC(=O)Nc2c(C)cccc2C)c(C)c1. The zero-order valence-electron chi connectivity index (χ0n) is 15.1. The molecular formula is C21H24N2O2. The number of aryl methyl sites for hydroxylation is 4. The quantitative estimate of drug-likeness (QED) is 0.818. The van der Waals surface area contributed by atoms with Crippen LogP contribution in [-0.2, 0) is 9.59 Å². The van der Waals surface area contributed by atoms with Crippen LogP contribution in [0.15, 0.2) is 42.5 Å². The largest absolute Gasteiger partial charge is 0.343 e. The van der Waals surface area contributed by atoms with Crippen molar-refractivity contribution in [2.75, 3.05) is 11.9 Å². The van der Waals surface area contributed by atoms with Crippen molar-refractivity contribution in [1.82, 2.24) is 5.32 Å². The van der Waals surface area contributed by atoms with Crippen LogP contribution in [0.2, 0.25) is 0 Å². The average molecular weight is 336 g/mol. The van der Waals surface area contributed by atoms with Crippen LogP contribution in [0.1, 0.15) is 27.8 Å². The first-order valence-electron chi connectivity index (χ1n) is 8.26. The number of carbonyl (C=O) groups excluding carboxylic acids is 2. The molecular weight excluding hydrogens is 312 g/mol. The van der Waals surface area contributed by atoms with Crippen molar-refractivity contribution in [3.8, 4) is 0 Å². The Bertz CT molecular complexity index is 802. The summed E-state index contributed by atoms with van der Waals surface area (Å²) in [6.07, 6.45) is 3.21. The highest BCUT2D eigenvalue weighted by Crippen LogP contribution is 2.19. The summed E-state index contributed by atoms with van der Waals surface area (Å²) in [5.74, 6) is -0.540. The smallest absolute Gasteiger partial charge is 0.244 e. The highest BCUT2D eigenvalue weighted by molar-refractivity contribution is 5.98. The fourth-order valence-corrected chi connectivity index (χ4v) is 2.60. The van der Waals surface area contributed by atoms with E-state index in [0.717, 1.165) is 27.9 Å². The Morgan fingerprint density at radius 2 is 1.64 bits per heavy atom. The molecule has 4 nitrogen and oxygen atoms in total. The van der Waals surface area contributed by atoms with E-state index in [4.69, 9.17) is 0 Å². The van der Waals surface area contributed by atoms with Crippen LogP contribution >= 0.6 is 0 Å². The summed E-state index contributed by atoms with van der Waals surface area (Å²) in [5.41, 5.74) is 6.07. The maximum Gasteiger partial charge on any atom is 0.244 e. The third-order valence-corrected chi connectivity index (χ3v) is 4.01. The third kappa shape index (κ3) is 5.31. The summed E-state index contributed by atoms with van der Waals surface area (Å²) in [4.78, 5) is 23.9. The van der Waals surface area contributed by atoms with Crippen LogP contribution in [0, 0.1) is 27.7 Å². The zero-order valence-corrected chi connectivity index (χ0v) is 15.1. The predicted octanol–water partition coefficient (Wildman–Crippen LogP) is 3.69. The van der Waals surface area contributed by atoms with Gasteiger partial charge >= 0.3 is 0 Å². The summed E-state index contributed by atoms with van der Waals surface area (Å²) in [7, 11) is 0. The molecule has 0 radical (unpaired) electrons. The second kappa shape index (κ2) is 8.29. The van der Waals surface area contributed by atoms with E-state index in [-0.39, 0.29) is 18.4 Å². The van der Waals surface area contributed by atoms with Crippen molar-refractivity contribution in [2.45, 2.75) is 27.7 Å². The molecule has 0 bridgehead atoms. The molecule has 2 aromatic rings. The summed E-state index contributed by atoms with van der Waals surface area (Å²) < 4.78 is 0. The molecule has 0 unspecified atom stereocenters. The molecule has 0 saturated carbocycles. The molecule has 0 heterocycles. The Morgan fingerprint density at radius 1 is 0.960 bits per heavy atom. The summed E-state index contributed by atoms with van der Waals surface area (Å²) in [6.45, 7) is 7.84. The minimum atomic E-state index is -0.295. The van der Waals surface area contributed by atoms with Gasteiger partial charge in [0.1, 0.15) is 0 Å². The molecule has 4 heteroatoms. The lowest BCUT2D eigenvalue weighted by Gasteiger charge is -2.11. The summed E-state index contributed by atoms with van der Waals surface area (Å²) in [5, 5.41) is 5.45. The lowest BCUT2D eigenvalue weighted by atomic mass is 10.1. The fraction of sp³-hybridized carbons (Fsp3) is 0.238. The van der Waals surface area contributed by atoms with Crippen molar-refractivity contribution >= 4 is 23.6 Å². The van der Waals surface area contributed by atoms with Gasteiger partial charge in [-0.15, -0.1) is 0 Å². The first-order valence-corrected chi connectivity index (χ1v) is 8.26. The van der Waals surface area contributed by atoms with Crippen LogP contribution in [0.5, 0.6) is 0 Å². The van der Waals surface area contributed by atoms with E-state index in [9.17, 15) is 9.59 Å². The van der Waals surface area contributed by atoms with Crippen molar-refractivity contribution in [3.63, 3.8) is 0 Å². The van der Waals surface area contributed by atoms with E-state index in [1.165, 1.54) is 11.6 Å². The number of carbonyl (C=O) groups is 2. The van der Waals surface area contributed by atoms with E-state index in [2.05, 4.69) is 16.7 Å². The normalized spacial score (nSPS) is 10.7. The Labute approximate surface area is 149 Å². The van der Waals surface area contributed by atoms with E-state index < -0.39 is 0 Å². The van der Waals surface area contributed by atoms with Crippen molar-refractivity contribution in [1.29, 1.82) is 0 Å². The molecule has 25 heavy (non-hydrogen) atoms. The van der Waals surface area contributed by atoms with Crippen LogP contribution < -0.4 is 10.6 Å². The second-order valence-corrected chi connectivity index (χ2v) is 6.23. The summed E-state index contributed by atoms with van der Waals surface area (Å²) >= 11 is 0. The minimum absolute atomic E-state index is 0.0656. The Kier molecular flexibility index (Phi) is 6.12. The van der Waals surface area contributed by atoms with Gasteiger partial charge in [0.15, 0.2) is 0 Å². The molecule has 2 amide bonds. The van der Waals surface area contributed by atoms with E-state index in [0.29, 0.717) is 0 Å². The van der Waals surface area contributed by atoms with Gasteiger partial charge in [0, 0.05) is 11.8 Å². The van der Waals surface area contributed by atoms with E-state index in [1.54, 1.807) is 6.08 Å². The number of benzene rings is 2. The van der Waals surface area contributed by atoms with Crippen molar-refractivity contribution in [2.24, 2.45) is 0 Å². The molecule has 0 aliphatic carbocycles. The molecule has 130 valence electrons. The number of rotatable bonds is 5. The van der Waals surface area contributed by atoms with E-state index >= 15 is 0 Å². The number of hydrogen-bond acceptors (Lipinski definition) is 2. The standard InChI is InChI=1S/C21H24N2O2/c1-14-8-9-18(17(4)12-14)10-11-19(24)22-13-20(25)23-21-15(2)6-5-7-16(21)3/h5-12H,13H2,1-4H3,(H,22,24)(H,23,25). The number of hydrogen-bond donors (Lipinski definition) is 2. The van der Waals surface area contributed by atoms with Crippen LogP contribution in [0.3, 0.4) is 0 Å².